The Morgan fingerprint density at radius 3 is 2.45 bits per heavy atom. The molecular weight excluding hydrogens is 336 g/mol. The molecule has 0 aliphatic carbocycles. The van der Waals surface area contributed by atoms with Crippen LogP contribution in [-0.4, -0.2) is 4.92 Å². The number of non-ortho nitro benzene ring substituents is 1. The molecule has 0 radical (unpaired) electrons. The first kappa shape index (κ1) is 14.4. The lowest BCUT2D eigenvalue weighted by atomic mass is 10.2. The summed E-state index contributed by atoms with van der Waals surface area (Å²) >= 11 is 3.23. The van der Waals surface area contributed by atoms with E-state index in [1.165, 1.54) is 6.07 Å². The molecule has 0 heterocycles. The SMILES string of the molecule is O=[N+]([O-])c1ccc(Oc2ccccc2Br)c(C(F)F)c1. The maximum Gasteiger partial charge on any atom is 0.270 e. The van der Waals surface area contributed by atoms with Crippen LogP contribution in [0.3, 0.4) is 0 Å². The van der Waals surface area contributed by atoms with Gasteiger partial charge >= 0.3 is 0 Å². The Morgan fingerprint density at radius 1 is 1.15 bits per heavy atom. The molecular formula is C13H8BrF2NO3. The van der Waals surface area contributed by atoms with Crippen molar-refractivity contribution >= 4 is 21.6 Å². The molecule has 0 amide bonds. The van der Waals surface area contributed by atoms with Crippen molar-refractivity contribution in [2.75, 3.05) is 0 Å². The van der Waals surface area contributed by atoms with Gasteiger partial charge in [0.2, 0.25) is 0 Å². The Balaban J connectivity index is 2.41. The summed E-state index contributed by atoms with van der Waals surface area (Å²) in [4.78, 5) is 9.88. The average molecular weight is 344 g/mol. The second kappa shape index (κ2) is 5.96. The van der Waals surface area contributed by atoms with E-state index in [0.717, 1.165) is 12.1 Å². The summed E-state index contributed by atoms with van der Waals surface area (Å²) in [5.74, 6) is 0.237. The van der Waals surface area contributed by atoms with Crippen LogP contribution in [0.5, 0.6) is 11.5 Å². The number of nitro groups is 1. The monoisotopic (exact) mass is 343 g/mol. The summed E-state index contributed by atoms with van der Waals surface area (Å²) in [7, 11) is 0. The molecule has 0 aromatic heterocycles. The molecule has 7 heteroatoms. The van der Waals surface area contributed by atoms with Crippen LogP contribution in [-0.2, 0) is 0 Å². The van der Waals surface area contributed by atoms with Crippen molar-refractivity contribution in [3.63, 3.8) is 0 Å². The van der Waals surface area contributed by atoms with Gasteiger partial charge in [0, 0.05) is 12.1 Å². The average Bonchev–Trinajstić information content (AvgIpc) is 2.41. The Bertz CT molecular complexity index is 649. The number of alkyl halides is 2. The molecule has 20 heavy (non-hydrogen) atoms. The minimum absolute atomic E-state index is 0.113. The molecule has 4 nitrogen and oxygen atoms in total. The lowest BCUT2D eigenvalue weighted by Crippen LogP contribution is -1.96. The van der Waals surface area contributed by atoms with Crippen LogP contribution in [0.15, 0.2) is 46.9 Å². The largest absolute Gasteiger partial charge is 0.456 e. The Morgan fingerprint density at radius 2 is 1.85 bits per heavy atom. The predicted molar refractivity (Wildman–Crippen MR) is 72.3 cm³/mol. The van der Waals surface area contributed by atoms with Crippen molar-refractivity contribution in [1.29, 1.82) is 0 Å². The van der Waals surface area contributed by atoms with Crippen molar-refractivity contribution in [3.8, 4) is 11.5 Å². The van der Waals surface area contributed by atoms with Crippen LogP contribution in [0.4, 0.5) is 14.5 Å². The van der Waals surface area contributed by atoms with Gasteiger partial charge in [0.05, 0.1) is 15.0 Å². The van der Waals surface area contributed by atoms with Crippen LogP contribution in [0.1, 0.15) is 12.0 Å². The third-order valence-corrected chi connectivity index (χ3v) is 3.15. The second-order valence-electron chi connectivity index (χ2n) is 3.81. The van der Waals surface area contributed by atoms with Gasteiger partial charge in [0.1, 0.15) is 11.5 Å². The van der Waals surface area contributed by atoms with E-state index in [2.05, 4.69) is 15.9 Å². The van der Waals surface area contributed by atoms with Crippen LogP contribution >= 0.6 is 15.9 Å². The van der Waals surface area contributed by atoms with Crippen LogP contribution < -0.4 is 4.74 Å². The highest BCUT2D eigenvalue weighted by atomic mass is 79.9. The summed E-state index contributed by atoms with van der Waals surface area (Å²) in [6, 6.07) is 9.84. The van der Waals surface area contributed by atoms with Gasteiger partial charge in [-0.1, -0.05) is 12.1 Å². The van der Waals surface area contributed by atoms with E-state index in [9.17, 15) is 18.9 Å². The van der Waals surface area contributed by atoms with Gasteiger partial charge in [-0.3, -0.25) is 10.1 Å². The first-order chi connectivity index (χ1) is 9.49. The number of hydrogen-bond acceptors (Lipinski definition) is 3. The first-order valence-corrected chi connectivity index (χ1v) is 6.27. The predicted octanol–water partition coefficient (Wildman–Crippen LogP) is 5.09. The number of hydrogen-bond donors (Lipinski definition) is 0. The zero-order valence-electron chi connectivity index (χ0n) is 9.92. The molecule has 2 aromatic carbocycles. The van der Waals surface area contributed by atoms with E-state index < -0.39 is 22.6 Å². The van der Waals surface area contributed by atoms with Gasteiger partial charge in [0.25, 0.3) is 12.1 Å². The molecule has 0 spiro atoms. The third kappa shape index (κ3) is 3.11. The van der Waals surface area contributed by atoms with Crippen molar-refractivity contribution < 1.29 is 18.4 Å². The normalized spacial score (nSPS) is 10.6. The van der Waals surface area contributed by atoms with E-state index in [0.29, 0.717) is 10.2 Å². The molecule has 0 fully saturated rings. The number of benzene rings is 2. The number of nitrogens with zero attached hydrogens (tertiary/aromatic N) is 1. The highest BCUT2D eigenvalue weighted by molar-refractivity contribution is 9.10. The number of ether oxygens (including phenoxy) is 1. The molecule has 0 aliphatic heterocycles. The highest BCUT2D eigenvalue weighted by Gasteiger charge is 2.19. The Labute approximate surface area is 121 Å². The van der Waals surface area contributed by atoms with E-state index in [1.54, 1.807) is 24.3 Å². The summed E-state index contributed by atoms with van der Waals surface area (Å²) in [5, 5.41) is 10.6. The quantitative estimate of drug-likeness (QED) is 0.574. The van der Waals surface area contributed by atoms with Gasteiger partial charge in [-0.25, -0.2) is 8.78 Å². The van der Waals surface area contributed by atoms with Crippen LogP contribution in [0, 0.1) is 10.1 Å². The number of rotatable bonds is 4. The van der Waals surface area contributed by atoms with Gasteiger partial charge in [-0.15, -0.1) is 0 Å². The summed E-state index contributed by atoms with van der Waals surface area (Å²) in [6.07, 6.45) is -2.87. The number of nitro benzene ring substituents is 1. The molecule has 0 bridgehead atoms. The molecule has 2 rings (SSSR count). The molecule has 0 atom stereocenters. The third-order valence-electron chi connectivity index (χ3n) is 2.50. The van der Waals surface area contributed by atoms with Crippen molar-refractivity contribution in [2.24, 2.45) is 0 Å². The van der Waals surface area contributed by atoms with E-state index in [4.69, 9.17) is 4.74 Å². The molecule has 2 aromatic rings. The summed E-state index contributed by atoms with van der Waals surface area (Å²) < 4.78 is 31.9. The fourth-order valence-corrected chi connectivity index (χ4v) is 1.92. The minimum Gasteiger partial charge on any atom is -0.456 e. The standard InChI is InChI=1S/C13H8BrF2NO3/c14-10-3-1-2-4-12(10)20-11-6-5-8(17(18)19)7-9(11)13(15)16/h1-7,13H. The van der Waals surface area contributed by atoms with Gasteiger partial charge in [-0.2, -0.15) is 0 Å². The molecule has 0 unspecified atom stereocenters. The van der Waals surface area contributed by atoms with Crippen molar-refractivity contribution in [2.45, 2.75) is 6.43 Å². The van der Waals surface area contributed by atoms with Gasteiger partial charge in [-0.05, 0) is 34.1 Å². The van der Waals surface area contributed by atoms with E-state index in [-0.39, 0.29) is 5.75 Å². The second-order valence-corrected chi connectivity index (χ2v) is 4.67. The summed E-state index contributed by atoms with van der Waals surface area (Å²) in [5.41, 5.74) is -0.922. The Hall–Kier alpha value is -2.02. The van der Waals surface area contributed by atoms with Gasteiger partial charge in [0.15, 0.2) is 0 Å². The fraction of sp³-hybridized carbons (Fsp3) is 0.0769. The lowest BCUT2D eigenvalue weighted by molar-refractivity contribution is -0.385. The molecule has 0 N–H and O–H groups in total. The maximum atomic E-state index is 13.0. The van der Waals surface area contributed by atoms with Crippen LogP contribution in [0.2, 0.25) is 0 Å². The molecule has 104 valence electrons. The lowest BCUT2D eigenvalue weighted by Gasteiger charge is -2.11. The zero-order valence-corrected chi connectivity index (χ0v) is 11.5. The van der Waals surface area contributed by atoms with Crippen LogP contribution in [0.25, 0.3) is 0 Å². The zero-order chi connectivity index (χ0) is 14.7. The maximum absolute atomic E-state index is 13.0. The van der Waals surface area contributed by atoms with Gasteiger partial charge < -0.3 is 4.74 Å². The Kier molecular flexibility index (Phi) is 4.29. The molecule has 0 saturated carbocycles. The minimum atomic E-state index is -2.87. The fourth-order valence-electron chi connectivity index (χ4n) is 1.56. The van der Waals surface area contributed by atoms with E-state index >= 15 is 0 Å². The van der Waals surface area contributed by atoms with Crippen molar-refractivity contribution in [3.05, 3.63) is 62.6 Å². The van der Waals surface area contributed by atoms with Crippen molar-refractivity contribution in [1.82, 2.24) is 0 Å². The number of halogens is 3. The summed E-state index contributed by atoms with van der Waals surface area (Å²) in [6.45, 7) is 0. The van der Waals surface area contributed by atoms with E-state index in [1.807, 2.05) is 0 Å². The highest BCUT2D eigenvalue weighted by Crippen LogP contribution is 2.37. The molecule has 0 aliphatic rings. The molecule has 0 saturated heterocycles. The smallest absolute Gasteiger partial charge is 0.270 e. The first-order valence-electron chi connectivity index (χ1n) is 5.48. The number of para-hydroxylation sites is 1. The topological polar surface area (TPSA) is 52.4 Å².